The molecule has 24 heavy (non-hydrogen) atoms. The van der Waals surface area contributed by atoms with Crippen molar-refractivity contribution in [2.45, 2.75) is 6.92 Å². The lowest BCUT2D eigenvalue weighted by Crippen LogP contribution is -2.14. The van der Waals surface area contributed by atoms with Gasteiger partial charge in [0.15, 0.2) is 0 Å². The lowest BCUT2D eigenvalue weighted by molar-refractivity contribution is -0.385. The first-order valence-corrected chi connectivity index (χ1v) is 7.13. The average Bonchev–Trinajstić information content (AvgIpc) is 2.58. The molecule has 0 unspecified atom stereocenters. The summed E-state index contributed by atoms with van der Waals surface area (Å²) in [6.45, 7) is 1.36. The van der Waals surface area contributed by atoms with Gasteiger partial charge in [-0.25, -0.2) is 9.59 Å². The number of carbonyl (C=O) groups excluding carboxylic acids is 2. The fraction of sp³-hybridized carbons (Fsp3) is 0.176. The smallest absolute Gasteiger partial charge is 0.338 e. The summed E-state index contributed by atoms with van der Waals surface area (Å²) >= 11 is 0. The molecule has 0 radical (unpaired) electrons. The van der Waals surface area contributed by atoms with E-state index < -0.39 is 16.9 Å². The quantitative estimate of drug-likeness (QED) is 0.350. The molecule has 0 aromatic heterocycles. The van der Waals surface area contributed by atoms with Gasteiger partial charge in [0.05, 0.1) is 16.1 Å². The van der Waals surface area contributed by atoms with Crippen LogP contribution in [0.25, 0.3) is 0 Å². The van der Waals surface area contributed by atoms with Crippen molar-refractivity contribution in [2.24, 2.45) is 0 Å². The van der Waals surface area contributed by atoms with Crippen LogP contribution in [0, 0.1) is 17.0 Å². The van der Waals surface area contributed by atoms with Gasteiger partial charge in [0.2, 0.25) is 0 Å². The molecule has 7 heteroatoms. The summed E-state index contributed by atoms with van der Waals surface area (Å²) in [5.74, 6) is -1.14. The Hall–Kier alpha value is -3.22. The highest BCUT2D eigenvalue weighted by Crippen LogP contribution is 2.19. The molecule has 0 fully saturated rings. The van der Waals surface area contributed by atoms with Gasteiger partial charge in [-0.2, -0.15) is 0 Å². The number of nitro benzene ring substituents is 1. The van der Waals surface area contributed by atoms with Gasteiger partial charge < -0.3 is 9.47 Å². The van der Waals surface area contributed by atoms with Crippen LogP contribution in [0.15, 0.2) is 48.5 Å². The maximum absolute atomic E-state index is 11.9. The summed E-state index contributed by atoms with van der Waals surface area (Å²) in [7, 11) is 0. The zero-order valence-corrected chi connectivity index (χ0v) is 12.9. The molecule has 0 heterocycles. The monoisotopic (exact) mass is 329 g/mol. The van der Waals surface area contributed by atoms with Gasteiger partial charge in [-0.3, -0.25) is 10.1 Å². The molecule has 0 saturated carbocycles. The zero-order valence-electron chi connectivity index (χ0n) is 12.9. The standard InChI is InChI=1S/C17H15NO6/c1-12-11-14(7-8-15(12)18(21)22)17(20)24-10-9-23-16(19)13-5-3-2-4-6-13/h2-8,11H,9-10H2,1H3. The van der Waals surface area contributed by atoms with Crippen molar-refractivity contribution in [2.75, 3.05) is 13.2 Å². The number of hydrogen-bond donors (Lipinski definition) is 0. The molecule has 2 rings (SSSR count). The Balaban J connectivity index is 1.82. The highest BCUT2D eigenvalue weighted by molar-refractivity contribution is 5.90. The number of benzene rings is 2. The summed E-state index contributed by atoms with van der Waals surface area (Å²) < 4.78 is 9.97. The van der Waals surface area contributed by atoms with E-state index in [1.165, 1.54) is 25.1 Å². The number of nitrogens with zero attached hydrogens (tertiary/aromatic N) is 1. The van der Waals surface area contributed by atoms with Gasteiger partial charge in [0.1, 0.15) is 13.2 Å². The van der Waals surface area contributed by atoms with E-state index in [4.69, 9.17) is 9.47 Å². The molecule has 0 amide bonds. The van der Waals surface area contributed by atoms with Crippen LogP contribution in [0.3, 0.4) is 0 Å². The minimum absolute atomic E-state index is 0.0664. The summed E-state index contributed by atoms with van der Waals surface area (Å²) in [6.07, 6.45) is 0. The molecular weight excluding hydrogens is 314 g/mol. The number of hydrogen-bond acceptors (Lipinski definition) is 6. The van der Waals surface area contributed by atoms with Gasteiger partial charge in [-0.15, -0.1) is 0 Å². The second-order valence-electron chi connectivity index (χ2n) is 4.90. The van der Waals surface area contributed by atoms with E-state index in [2.05, 4.69) is 0 Å². The van der Waals surface area contributed by atoms with Crippen molar-refractivity contribution in [3.05, 3.63) is 75.3 Å². The third-order valence-electron chi connectivity index (χ3n) is 3.19. The molecule has 0 saturated heterocycles. The fourth-order valence-electron chi connectivity index (χ4n) is 2.00. The van der Waals surface area contributed by atoms with E-state index in [1.54, 1.807) is 30.3 Å². The predicted molar refractivity (Wildman–Crippen MR) is 84.8 cm³/mol. The third-order valence-corrected chi connectivity index (χ3v) is 3.19. The Morgan fingerprint density at radius 1 is 0.958 bits per heavy atom. The highest BCUT2D eigenvalue weighted by Gasteiger charge is 2.15. The van der Waals surface area contributed by atoms with Crippen molar-refractivity contribution in [3.8, 4) is 0 Å². The number of ether oxygens (including phenoxy) is 2. The average molecular weight is 329 g/mol. The van der Waals surface area contributed by atoms with Crippen LogP contribution < -0.4 is 0 Å². The Labute approximate surface area is 138 Å². The van der Waals surface area contributed by atoms with E-state index in [0.29, 0.717) is 11.1 Å². The molecular formula is C17H15NO6. The van der Waals surface area contributed by atoms with Crippen LogP contribution in [-0.2, 0) is 9.47 Å². The minimum Gasteiger partial charge on any atom is -0.458 e. The molecule has 0 spiro atoms. The van der Waals surface area contributed by atoms with Gasteiger partial charge in [-0.1, -0.05) is 18.2 Å². The Bertz CT molecular complexity index is 757. The fourth-order valence-corrected chi connectivity index (χ4v) is 2.00. The zero-order chi connectivity index (χ0) is 17.5. The Morgan fingerprint density at radius 3 is 2.08 bits per heavy atom. The van der Waals surface area contributed by atoms with Crippen LogP contribution in [-0.4, -0.2) is 30.1 Å². The summed E-state index contributed by atoms with van der Waals surface area (Å²) in [5, 5.41) is 10.7. The number of nitro groups is 1. The lowest BCUT2D eigenvalue weighted by Gasteiger charge is -2.07. The predicted octanol–water partition coefficient (Wildman–Crippen LogP) is 2.92. The molecule has 0 aliphatic heterocycles. The summed E-state index contributed by atoms with van der Waals surface area (Å²) in [5.41, 5.74) is 0.913. The number of rotatable bonds is 6. The van der Waals surface area contributed by atoms with Crippen LogP contribution in [0.5, 0.6) is 0 Å². The molecule has 124 valence electrons. The molecule has 0 bridgehead atoms. The summed E-state index contributed by atoms with van der Waals surface area (Å²) in [4.78, 5) is 33.8. The van der Waals surface area contributed by atoms with Gasteiger partial charge in [0, 0.05) is 11.6 Å². The second-order valence-corrected chi connectivity index (χ2v) is 4.90. The number of carbonyl (C=O) groups is 2. The van der Waals surface area contributed by atoms with Crippen molar-refractivity contribution < 1.29 is 24.0 Å². The van der Waals surface area contributed by atoms with E-state index in [9.17, 15) is 19.7 Å². The van der Waals surface area contributed by atoms with Crippen molar-refractivity contribution in [1.82, 2.24) is 0 Å². The summed E-state index contributed by atoms with van der Waals surface area (Å²) in [6, 6.07) is 12.4. The normalized spacial score (nSPS) is 10.0. The van der Waals surface area contributed by atoms with Gasteiger partial charge in [0.25, 0.3) is 5.69 Å². The Morgan fingerprint density at radius 2 is 1.54 bits per heavy atom. The maximum Gasteiger partial charge on any atom is 0.338 e. The molecule has 0 atom stereocenters. The van der Waals surface area contributed by atoms with Crippen LogP contribution in [0.2, 0.25) is 0 Å². The topological polar surface area (TPSA) is 95.7 Å². The van der Waals surface area contributed by atoms with Crippen molar-refractivity contribution >= 4 is 17.6 Å². The molecule has 0 aliphatic carbocycles. The number of esters is 2. The molecule has 0 aliphatic rings. The number of aryl methyl sites for hydroxylation is 1. The first kappa shape index (κ1) is 17.1. The van der Waals surface area contributed by atoms with Crippen LogP contribution >= 0.6 is 0 Å². The van der Waals surface area contributed by atoms with E-state index in [1.807, 2.05) is 0 Å². The molecule has 7 nitrogen and oxygen atoms in total. The Kier molecular flexibility index (Phi) is 5.62. The first-order valence-electron chi connectivity index (χ1n) is 7.13. The van der Waals surface area contributed by atoms with Crippen LogP contribution in [0.4, 0.5) is 5.69 Å². The highest BCUT2D eigenvalue weighted by atomic mass is 16.6. The minimum atomic E-state index is -0.635. The van der Waals surface area contributed by atoms with Gasteiger partial charge in [-0.05, 0) is 31.2 Å². The molecule has 0 N–H and O–H groups in total. The van der Waals surface area contributed by atoms with E-state index in [0.717, 1.165) is 0 Å². The van der Waals surface area contributed by atoms with Crippen LogP contribution in [0.1, 0.15) is 26.3 Å². The lowest BCUT2D eigenvalue weighted by atomic mass is 10.1. The third kappa shape index (κ3) is 4.39. The molecule has 2 aromatic rings. The van der Waals surface area contributed by atoms with E-state index >= 15 is 0 Å². The van der Waals surface area contributed by atoms with Crippen molar-refractivity contribution in [1.29, 1.82) is 0 Å². The molecule has 2 aromatic carbocycles. The largest absolute Gasteiger partial charge is 0.458 e. The first-order chi connectivity index (χ1) is 11.5. The maximum atomic E-state index is 11.9. The van der Waals surface area contributed by atoms with Crippen molar-refractivity contribution in [3.63, 3.8) is 0 Å². The van der Waals surface area contributed by atoms with Gasteiger partial charge >= 0.3 is 11.9 Å². The SMILES string of the molecule is Cc1cc(C(=O)OCCOC(=O)c2ccccc2)ccc1[N+](=O)[O-]. The van der Waals surface area contributed by atoms with E-state index in [-0.39, 0.29) is 24.5 Å². The second kappa shape index (κ2) is 7.87.